The summed E-state index contributed by atoms with van der Waals surface area (Å²) in [5.74, 6) is -5.21. The van der Waals surface area contributed by atoms with E-state index in [9.17, 15) is 22.0 Å². The normalized spacial score (nSPS) is 16.1. The molecule has 0 aromatic rings. The first-order valence-corrected chi connectivity index (χ1v) is 5.03. The number of aliphatic imine (C=N–C) groups is 1. The molecule has 0 aromatic heterocycles. The van der Waals surface area contributed by atoms with Crippen molar-refractivity contribution in [3.05, 3.63) is 29.3 Å². The molecule has 100 valence electrons. The SMILES string of the molecule is CCC1=C=CC=C(OCC(F)(F)C(F)(F)F)N=C1. The number of hydrogen-bond acceptors (Lipinski definition) is 2. The summed E-state index contributed by atoms with van der Waals surface area (Å²) in [5, 5.41) is 0. The van der Waals surface area contributed by atoms with E-state index >= 15 is 0 Å². The third-order valence-corrected chi connectivity index (χ3v) is 2.04. The van der Waals surface area contributed by atoms with E-state index in [2.05, 4.69) is 15.5 Å². The third kappa shape index (κ3) is 3.70. The fourth-order valence-corrected chi connectivity index (χ4v) is 0.967. The first kappa shape index (κ1) is 14.4. The van der Waals surface area contributed by atoms with E-state index in [4.69, 9.17) is 0 Å². The van der Waals surface area contributed by atoms with Crippen LogP contribution in [0.1, 0.15) is 13.3 Å². The molecule has 7 heteroatoms. The lowest BCUT2D eigenvalue weighted by molar-refractivity contribution is -0.293. The zero-order valence-corrected chi connectivity index (χ0v) is 9.39. The van der Waals surface area contributed by atoms with Crippen molar-refractivity contribution >= 4 is 6.21 Å². The largest absolute Gasteiger partial charge is 0.471 e. The summed E-state index contributed by atoms with van der Waals surface area (Å²) in [6.07, 6.45) is -1.19. The summed E-state index contributed by atoms with van der Waals surface area (Å²) in [5.41, 5.74) is 3.45. The molecule has 0 bridgehead atoms. The smallest absolute Gasteiger partial charge is 0.456 e. The number of rotatable bonds is 4. The molecule has 0 spiro atoms. The lowest BCUT2D eigenvalue weighted by atomic mass is 10.2. The van der Waals surface area contributed by atoms with Crippen molar-refractivity contribution in [3.8, 4) is 0 Å². The van der Waals surface area contributed by atoms with Crippen LogP contribution in [0.15, 0.2) is 34.3 Å². The standard InChI is InChI=1S/C11H10F5NO/c1-2-8-4-3-5-9(17-6-8)18-7-10(12,13)11(14,15)16/h3,5-6H,2,7H2,1H3. The van der Waals surface area contributed by atoms with Crippen LogP contribution in [0.3, 0.4) is 0 Å². The monoisotopic (exact) mass is 267 g/mol. The zero-order valence-electron chi connectivity index (χ0n) is 9.39. The van der Waals surface area contributed by atoms with Crippen molar-refractivity contribution in [2.24, 2.45) is 4.99 Å². The highest BCUT2D eigenvalue weighted by atomic mass is 19.4. The highest BCUT2D eigenvalue weighted by Gasteiger charge is 2.58. The maximum Gasteiger partial charge on any atom is 0.456 e. The van der Waals surface area contributed by atoms with E-state index in [0.717, 1.165) is 0 Å². The molecule has 1 aliphatic heterocycles. The van der Waals surface area contributed by atoms with Gasteiger partial charge < -0.3 is 4.74 Å². The highest BCUT2D eigenvalue weighted by Crippen LogP contribution is 2.35. The molecule has 18 heavy (non-hydrogen) atoms. The van der Waals surface area contributed by atoms with Crippen molar-refractivity contribution in [1.29, 1.82) is 0 Å². The van der Waals surface area contributed by atoms with Gasteiger partial charge in [0, 0.05) is 17.9 Å². The summed E-state index contributed by atoms with van der Waals surface area (Å²) in [6, 6.07) is 0. The molecule has 1 aliphatic rings. The minimum Gasteiger partial charge on any atom is -0.471 e. The molecule has 0 amide bonds. The molecular formula is C11H10F5NO. The van der Waals surface area contributed by atoms with E-state index in [1.54, 1.807) is 0 Å². The van der Waals surface area contributed by atoms with Gasteiger partial charge in [-0.2, -0.15) is 22.0 Å². The van der Waals surface area contributed by atoms with E-state index in [0.29, 0.717) is 12.0 Å². The van der Waals surface area contributed by atoms with Crippen molar-refractivity contribution in [2.45, 2.75) is 25.4 Å². The molecule has 0 N–H and O–H groups in total. The average molecular weight is 267 g/mol. The van der Waals surface area contributed by atoms with Gasteiger partial charge in [-0.3, -0.25) is 0 Å². The summed E-state index contributed by atoms with van der Waals surface area (Å²) in [7, 11) is 0. The molecule has 0 saturated heterocycles. The van der Waals surface area contributed by atoms with Gasteiger partial charge in [0.05, 0.1) is 0 Å². The van der Waals surface area contributed by atoms with Crippen molar-refractivity contribution in [3.63, 3.8) is 0 Å². The van der Waals surface area contributed by atoms with Gasteiger partial charge in [-0.15, -0.1) is 5.73 Å². The van der Waals surface area contributed by atoms with E-state index in [1.165, 1.54) is 18.4 Å². The van der Waals surface area contributed by atoms with E-state index < -0.39 is 18.7 Å². The molecule has 0 radical (unpaired) electrons. The Labute approximate surface area is 100 Å². The number of allylic oxidation sites excluding steroid dienone is 2. The Bertz CT molecular complexity index is 427. The molecule has 0 saturated carbocycles. The van der Waals surface area contributed by atoms with Crippen molar-refractivity contribution in [2.75, 3.05) is 6.61 Å². The van der Waals surface area contributed by atoms with Crippen LogP contribution in [-0.2, 0) is 4.74 Å². The Balaban J connectivity index is 2.63. The van der Waals surface area contributed by atoms with Gasteiger partial charge in [-0.25, -0.2) is 4.99 Å². The fraction of sp³-hybridized carbons (Fsp3) is 0.455. The molecule has 1 heterocycles. The molecule has 0 unspecified atom stereocenters. The molecule has 0 atom stereocenters. The fourth-order valence-electron chi connectivity index (χ4n) is 0.967. The number of halogens is 5. The Morgan fingerprint density at radius 2 is 1.94 bits per heavy atom. The first-order valence-electron chi connectivity index (χ1n) is 5.03. The van der Waals surface area contributed by atoms with Crippen molar-refractivity contribution in [1.82, 2.24) is 0 Å². The second-order valence-electron chi connectivity index (χ2n) is 3.44. The molecule has 0 fully saturated rings. The summed E-state index contributed by atoms with van der Waals surface area (Å²) < 4.78 is 65.1. The second-order valence-corrected chi connectivity index (χ2v) is 3.44. The first-order chi connectivity index (χ1) is 8.26. The summed E-state index contributed by atoms with van der Waals surface area (Å²) in [4.78, 5) is 3.64. The Hall–Kier alpha value is -1.62. The van der Waals surface area contributed by atoms with E-state index in [1.807, 2.05) is 6.92 Å². The van der Waals surface area contributed by atoms with Gasteiger partial charge in [-0.1, -0.05) is 6.92 Å². The number of alkyl halides is 5. The van der Waals surface area contributed by atoms with Crippen LogP contribution in [-0.4, -0.2) is 24.9 Å². The molecule has 2 nitrogen and oxygen atoms in total. The van der Waals surface area contributed by atoms with Gasteiger partial charge in [0.2, 0.25) is 5.88 Å². The molecule has 0 aliphatic carbocycles. The maximum absolute atomic E-state index is 12.6. The van der Waals surface area contributed by atoms with Crippen molar-refractivity contribution < 1.29 is 26.7 Å². The van der Waals surface area contributed by atoms with Crippen LogP contribution in [0.5, 0.6) is 0 Å². The van der Waals surface area contributed by atoms with Gasteiger partial charge in [-0.05, 0) is 12.5 Å². The van der Waals surface area contributed by atoms with Crippen LogP contribution in [0, 0.1) is 0 Å². The van der Waals surface area contributed by atoms with Gasteiger partial charge >= 0.3 is 12.1 Å². The minimum absolute atomic E-state index is 0.310. The van der Waals surface area contributed by atoms with Crippen LogP contribution in [0.2, 0.25) is 0 Å². The Morgan fingerprint density at radius 1 is 1.28 bits per heavy atom. The number of ether oxygens (including phenoxy) is 1. The number of hydrogen-bond donors (Lipinski definition) is 0. The molecule has 0 aromatic carbocycles. The average Bonchev–Trinajstić information content (AvgIpc) is 2.49. The number of nitrogens with zero attached hydrogens (tertiary/aromatic N) is 1. The maximum atomic E-state index is 12.6. The topological polar surface area (TPSA) is 21.6 Å². The van der Waals surface area contributed by atoms with Crippen LogP contribution >= 0.6 is 0 Å². The lowest BCUT2D eigenvalue weighted by Gasteiger charge is -2.19. The lowest BCUT2D eigenvalue weighted by Crippen LogP contribution is -2.40. The van der Waals surface area contributed by atoms with E-state index in [-0.39, 0.29) is 5.88 Å². The van der Waals surface area contributed by atoms with Gasteiger partial charge in [0.1, 0.15) is 0 Å². The molecule has 1 rings (SSSR count). The summed E-state index contributed by atoms with van der Waals surface area (Å²) >= 11 is 0. The third-order valence-electron chi connectivity index (χ3n) is 2.04. The quantitative estimate of drug-likeness (QED) is 0.563. The van der Waals surface area contributed by atoms with Gasteiger partial charge in [0.15, 0.2) is 6.61 Å². The van der Waals surface area contributed by atoms with Crippen LogP contribution in [0.4, 0.5) is 22.0 Å². The Morgan fingerprint density at radius 3 is 2.50 bits per heavy atom. The molecular weight excluding hydrogens is 257 g/mol. The highest BCUT2D eigenvalue weighted by molar-refractivity contribution is 5.79. The van der Waals surface area contributed by atoms with Crippen LogP contribution < -0.4 is 0 Å². The Kier molecular flexibility index (Phi) is 4.29. The zero-order chi connectivity index (χ0) is 13.8. The minimum atomic E-state index is -5.63. The summed E-state index contributed by atoms with van der Waals surface area (Å²) in [6.45, 7) is 0.0286. The second kappa shape index (κ2) is 5.35. The predicted molar refractivity (Wildman–Crippen MR) is 55.4 cm³/mol. The predicted octanol–water partition coefficient (Wildman–Crippen LogP) is 3.62. The van der Waals surface area contributed by atoms with Gasteiger partial charge in [0.25, 0.3) is 0 Å². The van der Waals surface area contributed by atoms with Crippen LogP contribution in [0.25, 0.3) is 0 Å².